The summed E-state index contributed by atoms with van der Waals surface area (Å²) < 4.78 is 12.0. The number of hydrogen-bond donors (Lipinski definition) is 1. The fourth-order valence-corrected chi connectivity index (χ4v) is 8.40. The molecule has 1 N–H and O–H groups in total. The van der Waals surface area contributed by atoms with Crippen LogP contribution < -0.4 is 10.4 Å². The molecule has 0 unspecified atom stereocenters. The summed E-state index contributed by atoms with van der Waals surface area (Å²) in [5.74, 6) is -2.59. The van der Waals surface area contributed by atoms with Gasteiger partial charge in [0.15, 0.2) is 0 Å². The maximum Gasteiger partial charge on any atom is 0.309 e. The minimum Gasteiger partial charge on any atom is -0.481 e. The lowest BCUT2D eigenvalue weighted by molar-refractivity contribution is -0.160. The average molecular weight is 443 g/mol. The van der Waals surface area contributed by atoms with Crippen LogP contribution in [0.15, 0.2) is 60.7 Å². The Kier molecular flexibility index (Phi) is 7.84. The van der Waals surface area contributed by atoms with Crippen LogP contribution in [0.2, 0.25) is 5.04 Å². The molecule has 2 aromatic rings. The number of ether oxygens (including phenoxy) is 1. The topological polar surface area (TPSA) is 72.8 Å². The largest absolute Gasteiger partial charge is 0.481 e. The third-order valence-corrected chi connectivity index (χ3v) is 10.1. The van der Waals surface area contributed by atoms with E-state index < -0.39 is 31.8 Å². The molecule has 168 valence electrons. The van der Waals surface area contributed by atoms with E-state index in [0.717, 1.165) is 10.4 Å². The van der Waals surface area contributed by atoms with E-state index in [4.69, 9.17) is 9.16 Å². The van der Waals surface area contributed by atoms with Gasteiger partial charge in [0.1, 0.15) is 5.60 Å². The molecular weight excluding hydrogens is 408 g/mol. The quantitative estimate of drug-likeness (QED) is 0.494. The minimum atomic E-state index is -2.87. The Hall–Kier alpha value is -2.44. The second-order valence-electron chi connectivity index (χ2n) is 9.80. The summed E-state index contributed by atoms with van der Waals surface area (Å²) in [5.41, 5.74) is -0.668. The second-order valence-corrected chi connectivity index (χ2v) is 14.1. The fourth-order valence-electron chi connectivity index (χ4n) is 3.79. The summed E-state index contributed by atoms with van der Waals surface area (Å²) in [6.07, 6.45) is -0.231. The lowest BCUT2D eigenvalue weighted by Crippen LogP contribution is -2.67. The molecule has 6 heteroatoms. The van der Waals surface area contributed by atoms with Crippen LogP contribution in [0.5, 0.6) is 0 Å². The molecule has 0 saturated heterocycles. The Morgan fingerprint density at radius 2 is 1.32 bits per heavy atom. The van der Waals surface area contributed by atoms with Gasteiger partial charge in [-0.05, 0) is 36.2 Å². The zero-order valence-electron chi connectivity index (χ0n) is 19.3. The molecule has 2 rings (SSSR count). The third kappa shape index (κ3) is 6.28. The van der Waals surface area contributed by atoms with Gasteiger partial charge < -0.3 is 14.3 Å². The number of carbonyl (C=O) groups excluding carboxylic acids is 1. The number of hydrogen-bond acceptors (Lipinski definition) is 4. The van der Waals surface area contributed by atoms with Crippen molar-refractivity contribution in [3.8, 4) is 0 Å². The predicted octanol–water partition coefficient (Wildman–Crippen LogP) is 4.00. The van der Waals surface area contributed by atoms with E-state index in [1.165, 1.54) is 0 Å². The van der Waals surface area contributed by atoms with Crippen molar-refractivity contribution >= 4 is 30.6 Å². The standard InChI is InChI=1S/C25H34O5Si/c1-24(2,3)30-22(26)17-19(23(27)28)18-29-31(25(4,5)6,20-13-9-7-10-14-20)21-15-11-8-12-16-21/h7-16,19H,17-18H2,1-6H3,(H,27,28)/t19-/m0/s1. The number of carboxylic acid groups (broad SMARTS) is 1. The van der Waals surface area contributed by atoms with Crippen molar-refractivity contribution in [3.05, 3.63) is 60.7 Å². The van der Waals surface area contributed by atoms with Gasteiger partial charge in [0, 0.05) is 6.61 Å². The van der Waals surface area contributed by atoms with Crippen molar-refractivity contribution in [3.63, 3.8) is 0 Å². The first-order chi connectivity index (χ1) is 14.4. The van der Waals surface area contributed by atoms with Gasteiger partial charge in [-0.3, -0.25) is 9.59 Å². The molecule has 0 aromatic heterocycles. The van der Waals surface area contributed by atoms with Gasteiger partial charge in [-0.2, -0.15) is 0 Å². The normalized spacial score (nSPS) is 13.5. The van der Waals surface area contributed by atoms with Crippen LogP contribution in [0.4, 0.5) is 0 Å². The van der Waals surface area contributed by atoms with E-state index in [1.807, 2.05) is 60.7 Å². The number of aliphatic carboxylic acids is 1. The van der Waals surface area contributed by atoms with Crippen molar-refractivity contribution < 1.29 is 23.9 Å². The molecule has 1 atom stereocenters. The molecule has 0 spiro atoms. The Bertz CT molecular complexity index is 827. The SMILES string of the molecule is CC(C)(C)OC(=O)C[C@@H](CO[Si](c1ccccc1)(c1ccccc1)C(C)(C)C)C(=O)O. The molecule has 2 aromatic carbocycles. The maximum absolute atomic E-state index is 12.3. The summed E-state index contributed by atoms with van der Waals surface area (Å²) in [4.78, 5) is 24.3. The van der Waals surface area contributed by atoms with Crippen molar-refractivity contribution in [2.45, 2.75) is 58.6 Å². The fraction of sp³-hybridized carbons (Fsp3) is 0.440. The van der Waals surface area contributed by atoms with Crippen LogP contribution in [0.25, 0.3) is 0 Å². The lowest BCUT2D eigenvalue weighted by Gasteiger charge is -2.43. The molecular formula is C25H34O5Si. The first-order valence-corrected chi connectivity index (χ1v) is 12.5. The number of benzene rings is 2. The summed E-state index contributed by atoms with van der Waals surface area (Å²) in [5, 5.41) is 11.6. The molecule has 31 heavy (non-hydrogen) atoms. The highest BCUT2D eigenvalue weighted by atomic mass is 28.4. The highest BCUT2D eigenvalue weighted by Crippen LogP contribution is 2.37. The molecule has 0 bridgehead atoms. The molecule has 0 aliphatic heterocycles. The van der Waals surface area contributed by atoms with Crippen molar-refractivity contribution in [2.24, 2.45) is 5.92 Å². The zero-order valence-corrected chi connectivity index (χ0v) is 20.3. The van der Waals surface area contributed by atoms with E-state index in [9.17, 15) is 14.7 Å². The first kappa shape index (κ1) is 24.8. The predicted molar refractivity (Wildman–Crippen MR) is 125 cm³/mol. The van der Waals surface area contributed by atoms with Crippen LogP contribution in [0.1, 0.15) is 48.0 Å². The van der Waals surface area contributed by atoms with E-state index >= 15 is 0 Å². The highest BCUT2D eigenvalue weighted by molar-refractivity contribution is 6.99. The molecule has 0 saturated carbocycles. The molecule has 0 radical (unpaired) electrons. The van der Waals surface area contributed by atoms with E-state index in [1.54, 1.807) is 20.8 Å². The van der Waals surface area contributed by atoms with Crippen molar-refractivity contribution in [2.75, 3.05) is 6.61 Å². The number of carbonyl (C=O) groups is 2. The lowest BCUT2D eigenvalue weighted by atomic mass is 10.1. The van der Waals surface area contributed by atoms with Gasteiger partial charge in [-0.15, -0.1) is 0 Å². The maximum atomic E-state index is 12.3. The van der Waals surface area contributed by atoms with Gasteiger partial charge in [0.25, 0.3) is 8.32 Å². The van der Waals surface area contributed by atoms with E-state index in [-0.39, 0.29) is 18.1 Å². The van der Waals surface area contributed by atoms with E-state index in [2.05, 4.69) is 20.8 Å². The third-order valence-electron chi connectivity index (χ3n) is 5.10. The Balaban J connectivity index is 2.43. The Labute approximate surface area is 186 Å². The zero-order chi connectivity index (χ0) is 23.3. The first-order valence-electron chi connectivity index (χ1n) is 10.6. The van der Waals surface area contributed by atoms with Gasteiger partial charge in [-0.25, -0.2) is 0 Å². The van der Waals surface area contributed by atoms with Gasteiger partial charge in [0.2, 0.25) is 0 Å². The van der Waals surface area contributed by atoms with Crippen LogP contribution >= 0.6 is 0 Å². The molecule has 0 heterocycles. The minimum absolute atomic E-state index is 0.0676. The van der Waals surface area contributed by atoms with Gasteiger partial charge in [0.05, 0.1) is 12.3 Å². The van der Waals surface area contributed by atoms with Crippen LogP contribution in [0, 0.1) is 5.92 Å². The summed E-state index contributed by atoms with van der Waals surface area (Å²) in [7, 11) is -2.87. The number of esters is 1. The average Bonchev–Trinajstić information content (AvgIpc) is 2.66. The van der Waals surface area contributed by atoms with Gasteiger partial charge >= 0.3 is 11.9 Å². The molecule has 0 fully saturated rings. The van der Waals surface area contributed by atoms with Crippen molar-refractivity contribution in [1.29, 1.82) is 0 Å². The summed E-state index contributed by atoms with van der Waals surface area (Å²) in [6, 6.07) is 20.0. The molecule has 0 aliphatic carbocycles. The number of carboxylic acids is 1. The van der Waals surface area contributed by atoms with E-state index in [0.29, 0.717) is 0 Å². The Morgan fingerprint density at radius 3 is 1.68 bits per heavy atom. The highest BCUT2D eigenvalue weighted by Gasteiger charge is 2.50. The Morgan fingerprint density at radius 1 is 0.871 bits per heavy atom. The monoisotopic (exact) mass is 442 g/mol. The summed E-state index contributed by atoms with van der Waals surface area (Å²) in [6.45, 7) is 11.6. The molecule has 0 aliphatic rings. The van der Waals surface area contributed by atoms with Crippen molar-refractivity contribution in [1.82, 2.24) is 0 Å². The van der Waals surface area contributed by atoms with Crippen LogP contribution in [-0.2, 0) is 18.8 Å². The van der Waals surface area contributed by atoms with Crippen LogP contribution in [0.3, 0.4) is 0 Å². The smallest absolute Gasteiger partial charge is 0.309 e. The second kappa shape index (κ2) is 9.79. The molecule has 0 amide bonds. The number of rotatable bonds is 8. The molecule has 5 nitrogen and oxygen atoms in total. The van der Waals surface area contributed by atoms with Gasteiger partial charge in [-0.1, -0.05) is 81.4 Å². The summed E-state index contributed by atoms with van der Waals surface area (Å²) >= 11 is 0. The van der Waals surface area contributed by atoms with Crippen LogP contribution in [-0.4, -0.2) is 37.6 Å².